The highest BCUT2D eigenvalue weighted by molar-refractivity contribution is 7.99. The first-order valence-electron chi connectivity index (χ1n) is 4.69. The number of carbonyl (C=O) groups excluding carboxylic acids is 1. The van der Waals surface area contributed by atoms with Gasteiger partial charge in [-0.05, 0) is 37.7 Å². The maximum absolute atomic E-state index is 11.4. The first kappa shape index (κ1) is 10.8. The fourth-order valence-corrected chi connectivity index (χ4v) is 2.08. The molecular formula is C10H10N4OS. The minimum Gasteiger partial charge on any atom is -0.294 e. The van der Waals surface area contributed by atoms with Gasteiger partial charge in [-0.2, -0.15) is 0 Å². The second-order valence-corrected chi connectivity index (χ2v) is 4.17. The van der Waals surface area contributed by atoms with Gasteiger partial charge < -0.3 is 0 Å². The molecule has 0 aliphatic heterocycles. The molecule has 0 amide bonds. The number of hydrogen-bond acceptors (Lipinski definition) is 5. The van der Waals surface area contributed by atoms with Gasteiger partial charge in [0.2, 0.25) is 5.16 Å². The van der Waals surface area contributed by atoms with Crippen molar-refractivity contribution in [2.75, 3.05) is 0 Å². The van der Waals surface area contributed by atoms with E-state index in [1.54, 1.807) is 18.3 Å². The van der Waals surface area contributed by atoms with E-state index < -0.39 is 0 Å². The lowest BCUT2D eigenvalue weighted by molar-refractivity contribution is 0.101. The normalized spacial score (nSPS) is 10.4. The fraction of sp³-hybridized carbons (Fsp3) is 0.200. The number of nitrogens with zero attached hydrogens (tertiary/aromatic N) is 3. The molecule has 5 nitrogen and oxygen atoms in total. The Hall–Kier alpha value is -1.69. The smallest absolute Gasteiger partial charge is 0.214 e. The second-order valence-electron chi connectivity index (χ2n) is 3.22. The molecule has 0 aliphatic carbocycles. The Morgan fingerprint density at radius 1 is 1.50 bits per heavy atom. The van der Waals surface area contributed by atoms with E-state index in [1.165, 1.54) is 18.7 Å². The molecule has 0 fully saturated rings. The second kappa shape index (κ2) is 4.44. The summed E-state index contributed by atoms with van der Waals surface area (Å²) in [6.07, 6.45) is 1.65. The molecule has 0 aliphatic rings. The van der Waals surface area contributed by atoms with Gasteiger partial charge in [-0.1, -0.05) is 0 Å². The summed E-state index contributed by atoms with van der Waals surface area (Å²) >= 11 is 1.28. The number of hydrogen-bond donors (Lipinski definition) is 1. The summed E-state index contributed by atoms with van der Waals surface area (Å²) < 4.78 is 0. The van der Waals surface area contributed by atoms with Crippen LogP contribution in [0.4, 0.5) is 0 Å². The number of pyridine rings is 1. The summed E-state index contributed by atoms with van der Waals surface area (Å²) in [5, 5.41) is 7.93. The number of aromatic amines is 1. The maximum atomic E-state index is 11.4. The van der Waals surface area contributed by atoms with Crippen molar-refractivity contribution in [1.29, 1.82) is 0 Å². The minimum absolute atomic E-state index is 0.0112. The average molecular weight is 234 g/mol. The van der Waals surface area contributed by atoms with Crippen LogP contribution in [0.2, 0.25) is 0 Å². The van der Waals surface area contributed by atoms with Crippen molar-refractivity contribution >= 4 is 17.5 Å². The van der Waals surface area contributed by atoms with E-state index in [1.807, 2.05) is 6.92 Å². The van der Waals surface area contributed by atoms with E-state index in [4.69, 9.17) is 0 Å². The van der Waals surface area contributed by atoms with Gasteiger partial charge in [0.05, 0.1) is 0 Å². The summed E-state index contributed by atoms with van der Waals surface area (Å²) in [6.45, 7) is 3.34. The summed E-state index contributed by atoms with van der Waals surface area (Å²) in [6, 6.07) is 3.49. The molecular weight excluding hydrogens is 224 g/mol. The predicted molar refractivity (Wildman–Crippen MR) is 59.5 cm³/mol. The highest BCUT2D eigenvalue weighted by Crippen LogP contribution is 2.25. The van der Waals surface area contributed by atoms with Crippen molar-refractivity contribution in [1.82, 2.24) is 20.2 Å². The Kier molecular flexibility index (Phi) is 3.00. The molecule has 0 unspecified atom stereocenters. The Morgan fingerprint density at radius 2 is 2.31 bits per heavy atom. The molecule has 82 valence electrons. The van der Waals surface area contributed by atoms with E-state index in [-0.39, 0.29) is 5.78 Å². The largest absolute Gasteiger partial charge is 0.294 e. The maximum Gasteiger partial charge on any atom is 0.214 e. The lowest BCUT2D eigenvalue weighted by Gasteiger charge is -2.01. The molecule has 0 bridgehead atoms. The van der Waals surface area contributed by atoms with E-state index in [9.17, 15) is 4.79 Å². The third kappa shape index (κ3) is 2.27. The summed E-state index contributed by atoms with van der Waals surface area (Å²) in [5.41, 5.74) is 0.593. The number of nitrogens with one attached hydrogen (secondary N) is 1. The summed E-state index contributed by atoms with van der Waals surface area (Å²) in [5.74, 6) is 0.727. The van der Waals surface area contributed by atoms with E-state index in [0.717, 1.165) is 5.82 Å². The van der Waals surface area contributed by atoms with Crippen LogP contribution in [-0.2, 0) is 0 Å². The Labute approximate surface area is 96.7 Å². The van der Waals surface area contributed by atoms with Gasteiger partial charge >= 0.3 is 0 Å². The summed E-state index contributed by atoms with van der Waals surface area (Å²) in [4.78, 5) is 19.7. The third-order valence-corrected chi connectivity index (χ3v) is 2.80. The number of ketones is 1. The molecule has 2 aromatic rings. The number of aryl methyl sites for hydroxylation is 1. The molecule has 0 aromatic carbocycles. The highest BCUT2D eigenvalue weighted by Gasteiger charge is 2.11. The van der Waals surface area contributed by atoms with Crippen molar-refractivity contribution in [3.8, 4) is 0 Å². The Bertz CT molecular complexity index is 523. The van der Waals surface area contributed by atoms with Crippen molar-refractivity contribution in [3.05, 3.63) is 29.7 Å². The van der Waals surface area contributed by atoms with E-state index in [2.05, 4.69) is 20.2 Å². The SMILES string of the molecule is CC(=O)c1cccnc1Sc1n[nH]c(C)n1. The number of rotatable bonds is 3. The predicted octanol–water partition coefficient (Wildman–Crippen LogP) is 1.86. The molecule has 1 N–H and O–H groups in total. The molecule has 16 heavy (non-hydrogen) atoms. The van der Waals surface area contributed by atoms with Crippen LogP contribution in [0, 0.1) is 6.92 Å². The zero-order valence-electron chi connectivity index (χ0n) is 8.89. The van der Waals surface area contributed by atoms with Crippen LogP contribution in [0.5, 0.6) is 0 Å². The lowest BCUT2D eigenvalue weighted by atomic mass is 10.2. The topological polar surface area (TPSA) is 71.5 Å². The van der Waals surface area contributed by atoms with Crippen molar-refractivity contribution < 1.29 is 4.79 Å². The number of carbonyl (C=O) groups is 1. The van der Waals surface area contributed by atoms with Crippen LogP contribution in [0.25, 0.3) is 0 Å². The van der Waals surface area contributed by atoms with Crippen LogP contribution in [0.1, 0.15) is 23.1 Å². The molecule has 6 heteroatoms. The number of Topliss-reactive ketones (excluding diaryl/α,β-unsaturated/α-hetero) is 1. The molecule has 0 saturated heterocycles. The molecule has 0 spiro atoms. The van der Waals surface area contributed by atoms with Gasteiger partial charge in [0.25, 0.3) is 0 Å². The zero-order valence-corrected chi connectivity index (χ0v) is 9.71. The van der Waals surface area contributed by atoms with Crippen LogP contribution >= 0.6 is 11.8 Å². The number of H-pyrrole nitrogens is 1. The van der Waals surface area contributed by atoms with Crippen LogP contribution in [0.15, 0.2) is 28.5 Å². The Balaban J connectivity index is 2.31. The van der Waals surface area contributed by atoms with Crippen LogP contribution in [0.3, 0.4) is 0 Å². The standard InChI is InChI=1S/C10H10N4OS/c1-6(15)8-4-3-5-11-9(8)16-10-12-7(2)13-14-10/h3-5H,1-2H3,(H,12,13,14). The van der Waals surface area contributed by atoms with Crippen LogP contribution < -0.4 is 0 Å². The highest BCUT2D eigenvalue weighted by atomic mass is 32.2. The minimum atomic E-state index is -0.0112. The van der Waals surface area contributed by atoms with Crippen LogP contribution in [-0.4, -0.2) is 25.9 Å². The molecule has 0 radical (unpaired) electrons. The monoisotopic (exact) mass is 234 g/mol. The van der Waals surface area contributed by atoms with Crippen molar-refractivity contribution in [3.63, 3.8) is 0 Å². The molecule has 0 saturated carbocycles. The van der Waals surface area contributed by atoms with Gasteiger partial charge in [0, 0.05) is 11.8 Å². The van der Waals surface area contributed by atoms with Gasteiger partial charge in [0.1, 0.15) is 10.9 Å². The van der Waals surface area contributed by atoms with Gasteiger partial charge in [0.15, 0.2) is 5.78 Å². The molecule has 2 aromatic heterocycles. The summed E-state index contributed by atoms with van der Waals surface area (Å²) in [7, 11) is 0. The molecule has 0 atom stereocenters. The van der Waals surface area contributed by atoms with Gasteiger partial charge in [-0.3, -0.25) is 9.89 Å². The third-order valence-electron chi connectivity index (χ3n) is 1.92. The Morgan fingerprint density at radius 3 is 2.94 bits per heavy atom. The van der Waals surface area contributed by atoms with E-state index in [0.29, 0.717) is 15.7 Å². The van der Waals surface area contributed by atoms with Crippen molar-refractivity contribution in [2.45, 2.75) is 24.0 Å². The number of aromatic nitrogens is 4. The van der Waals surface area contributed by atoms with Gasteiger partial charge in [-0.15, -0.1) is 5.10 Å². The van der Waals surface area contributed by atoms with Gasteiger partial charge in [-0.25, -0.2) is 9.97 Å². The molecule has 2 heterocycles. The molecule has 2 rings (SSSR count). The lowest BCUT2D eigenvalue weighted by Crippen LogP contribution is -1.97. The quantitative estimate of drug-likeness (QED) is 0.821. The average Bonchev–Trinajstić information content (AvgIpc) is 2.64. The first-order valence-corrected chi connectivity index (χ1v) is 5.51. The first-order chi connectivity index (χ1) is 7.66. The fourth-order valence-electron chi connectivity index (χ4n) is 1.19. The van der Waals surface area contributed by atoms with Crippen molar-refractivity contribution in [2.24, 2.45) is 0 Å². The van der Waals surface area contributed by atoms with E-state index >= 15 is 0 Å². The zero-order chi connectivity index (χ0) is 11.5.